The van der Waals surface area contributed by atoms with Gasteiger partial charge in [0.05, 0.1) is 0 Å². The maximum atomic E-state index is 12.5. The first-order valence-electron chi connectivity index (χ1n) is 9.13. The number of carbonyl (C=O) groups is 1. The first-order valence-corrected chi connectivity index (χ1v) is 9.13. The second-order valence-electron chi connectivity index (χ2n) is 7.03. The van der Waals surface area contributed by atoms with E-state index >= 15 is 0 Å². The molecule has 0 spiro atoms. The van der Waals surface area contributed by atoms with E-state index in [9.17, 15) is 14.9 Å². The van der Waals surface area contributed by atoms with Crippen LogP contribution in [-0.2, 0) is 4.79 Å². The number of piperidine rings is 1. The number of benzene rings is 1. The Kier molecular flexibility index (Phi) is 5.60. The van der Waals surface area contributed by atoms with Crippen molar-refractivity contribution in [3.63, 3.8) is 0 Å². The summed E-state index contributed by atoms with van der Waals surface area (Å²) in [6.45, 7) is 5.42. The fourth-order valence-electron chi connectivity index (χ4n) is 3.32. The first kappa shape index (κ1) is 18.7. The summed E-state index contributed by atoms with van der Waals surface area (Å²) in [7, 11) is 0. The van der Waals surface area contributed by atoms with Crippen LogP contribution < -0.4 is 10.3 Å². The molecule has 0 aliphatic carbocycles. The summed E-state index contributed by atoms with van der Waals surface area (Å²) < 4.78 is 5.80. The zero-order valence-corrected chi connectivity index (χ0v) is 15.6. The number of carbonyl (C=O) groups excluding carboxylic acids is 1. The van der Waals surface area contributed by atoms with E-state index in [1.165, 1.54) is 0 Å². The molecule has 2 aromatic rings. The number of ether oxygens (including phenoxy) is 1. The number of pyridine rings is 1. The fraction of sp³-hybridized carbons (Fsp3) is 0.381. The zero-order valence-electron chi connectivity index (χ0n) is 15.6. The van der Waals surface area contributed by atoms with Gasteiger partial charge in [-0.05, 0) is 37.8 Å². The minimum Gasteiger partial charge on any atom is -0.483 e. The summed E-state index contributed by atoms with van der Waals surface area (Å²) in [5.41, 5.74) is 1.40. The van der Waals surface area contributed by atoms with Crippen LogP contribution >= 0.6 is 0 Å². The Balaban J connectivity index is 1.83. The second kappa shape index (κ2) is 8.09. The van der Waals surface area contributed by atoms with E-state index in [0.717, 1.165) is 25.9 Å². The van der Waals surface area contributed by atoms with Crippen LogP contribution in [0.1, 0.15) is 31.0 Å². The van der Waals surface area contributed by atoms with Crippen LogP contribution in [-0.4, -0.2) is 35.5 Å². The predicted molar refractivity (Wildman–Crippen MR) is 102 cm³/mol. The van der Waals surface area contributed by atoms with Crippen LogP contribution in [0.25, 0.3) is 11.1 Å². The Morgan fingerprint density at radius 1 is 1.30 bits per heavy atom. The number of hydrogen-bond acceptors (Lipinski definition) is 4. The lowest BCUT2D eigenvalue weighted by Gasteiger charge is -2.30. The van der Waals surface area contributed by atoms with Crippen molar-refractivity contribution >= 4 is 5.91 Å². The molecule has 0 atom stereocenters. The molecular formula is C21H23N3O3. The Morgan fingerprint density at radius 2 is 2.00 bits per heavy atom. The number of likely N-dealkylation sites (tertiary alicyclic amines) is 1. The average Bonchev–Trinajstić information content (AvgIpc) is 2.66. The Hall–Kier alpha value is -3.07. The number of hydrogen-bond donors (Lipinski definition) is 1. The standard InChI is InChI=1S/C21H23N3O3/c1-14-7-9-24(10-8-14)20(25)13-27-19-6-4-3-5-16(19)17-11-15(2)23-21(26)18(17)12-22/h3-6,11,14H,7-10,13H2,1-2H3,(H,23,26). The monoisotopic (exact) mass is 365 g/mol. The molecule has 0 bridgehead atoms. The number of amides is 1. The van der Waals surface area contributed by atoms with E-state index in [1.54, 1.807) is 31.2 Å². The van der Waals surface area contributed by atoms with E-state index in [1.807, 2.05) is 17.0 Å². The van der Waals surface area contributed by atoms with Crippen LogP contribution in [0.2, 0.25) is 0 Å². The maximum Gasteiger partial charge on any atom is 0.266 e. The third-order valence-corrected chi connectivity index (χ3v) is 4.94. The van der Waals surface area contributed by atoms with Crippen molar-refractivity contribution in [3.05, 3.63) is 51.9 Å². The molecule has 6 nitrogen and oxygen atoms in total. The number of rotatable bonds is 4. The summed E-state index contributed by atoms with van der Waals surface area (Å²) in [6.07, 6.45) is 2.03. The fourth-order valence-corrected chi connectivity index (χ4v) is 3.32. The number of nitrogens with zero attached hydrogens (tertiary/aromatic N) is 2. The van der Waals surface area contributed by atoms with Crippen LogP contribution in [0.4, 0.5) is 0 Å². The number of aromatic nitrogens is 1. The van der Waals surface area contributed by atoms with Gasteiger partial charge in [0.1, 0.15) is 17.4 Å². The van der Waals surface area contributed by atoms with Crippen molar-refractivity contribution < 1.29 is 9.53 Å². The molecule has 1 fully saturated rings. The molecular weight excluding hydrogens is 342 g/mol. The Morgan fingerprint density at radius 3 is 2.70 bits per heavy atom. The highest BCUT2D eigenvalue weighted by Crippen LogP contribution is 2.31. The van der Waals surface area contributed by atoms with Crippen molar-refractivity contribution in [2.45, 2.75) is 26.7 Å². The van der Waals surface area contributed by atoms with Crippen molar-refractivity contribution in [3.8, 4) is 22.9 Å². The largest absolute Gasteiger partial charge is 0.483 e. The lowest BCUT2D eigenvalue weighted by atomic mass is 9.99. The van der Waals surface area contributed by atoms with E-state index in [0.29, 0.717) is 28.5 Å². The molecule has 0 radical (unpaired) electrons. The molecule has 27 heavy (non-hydrogen) atoms. The summed E-state index contributed by atoms with van der Waals surface area (Å²) in [6, 6.07) is 10.9. The lowest BCUT2D eigenvalue weighted by molar-refractivity contribution is -0.134. The van der Waals surface area contributed by atoms with E-state index in [-0.39, 0.29) is 18.1 Å². The normalized spacial score (nSPS) is 14.6. The SMILES string of the molecule is Cc1cc(-c2ccccc2OCC(=O)N2CCC(C)CC2)c(C#N)c(=O)[nH]1. The molecule has 0 saturated carbocycles. The molecule has 1 amide bonds. The molecule has 6 heteroatoms. The number of para-hydroxylation sites is 1. The highest BCUT2D eigenvalue weighted by Gasteiger charge is 2.21. The summed E-state index contributed by atoms with van der Waals surface area (Å²) in [4.78, 5) is 29.0. The highest BCUT2D eigenvalue weighted by atomic mass is 16.5. The van der Waals surface area contributed by atoms with Crippen LogP contribution in [0, 0.1) is 24.2 Å². The lowest BCUT2D eigenvalue weighted by Crippen LogP contribution is -2.40. The van der Waals surface area contributed by atoms with Gasteiger partial charge in [-0.1, -0.05) is 25.1 Å². The maximum absolute atomic E-state index is 12.5. The van der Waals surface area contributed by atoms with Gasteiger partial charge in [-0.25, -0.2) is 0 Å². The third-order valence-electron chi connectivity index (χ3n) is 4.94. The average molecular weight is 365 g/mol. The van der Waals surface area contributed by atoms with Gasteiger partial charge in [0.25, 0.3) is 11.5 Å². The van der Waals surface area contributed by atoms with Crippen LogP contribution in [0.3, 0.4) is 0 Å². The van der Waals surface area contributed by atoms with Crippen LogP contribution in [0.15, 0.2) is 35.1 Å². The van der Waals surface area contributed by atoms with Gasteiger partial charge in [0.15, 0.2) is 6.61 Å². The summed E-state index contributed by atoms with van der Waals surface area (Å²) in [5.74, 6) is 1.09. The molecule has 1 aromatic heterocycles. The van der Waals surface area contributed by atoms with Gasteiger partial charge in [-0.3, -0.25) is 9.59 Å². The van der Waals surface area contributed by atoms with Gasteiger partial charge in [-0.15, -0.1) is 0 Å². The number of nitriles is 1. The molecule has 3 rings (SSSR count). The number of aromatic amines is 1. The third kappa shape index (κ3) is 4.20. The Labute approximate surface area is 158 Å². The highest BCUT2D eigenvalue weighted by molar-refractivity contribution is 5.79. The first-order chi connectivity index (χ1) is 13.0. The predicted octanol–water partition coefficient (Wildman–Crippen LogP) is 2.86. The molecule has 140 valence electrons. The van der Waals surface area contributed by atoms with Gasteiger partial charge >= 0.3 is 0 Å². The molecule has 1 aliphatic rings. The number of nitrogens with one attached hydrogen (secondary N) is 1. The summed E-state index contributed by atoms with van der Waals surface area (Å²) >= 11 is 0. The topological polar surface area (TPSA) is 86.2 Å². The smallest absolute Gasteiger partial charge is 0.266 e. The van der Waals surface area contributed by atoms with Gasteiger partial charge in [-0.2, -0.15) is 5.26 Å². The molecule has 1 N–H and O–H groups in total. The summed E-state index contributed by atoms with van der Waals surface area (Å²) in [5, 5.41) is 9.38. The van der Waals surface area contributed by atoms with E-state index in [4.69, 9.17) is 4.74 Å². The van der Waals surface area contributed by atoms with Gasteiger partial charge in [0, 0.05) is 29.9 Å². The van der Waals surface area contributed by atoms with Crippen molar-refractivity contribution in [1.29, 1.82) is 5.26 Å². The number of aryl methyl sites for hydroxylation is 1. The van der Waals surface area contributed by atoms with Gasteiger partial charge < -0.3 is 14.6 Å². The molecule has 1 aromatic carbocycles. The minimum absolute atomic E-state index is 0.0352. The molecule has 1 saturated heterocycles. The minimum atomic E-state index is -0.430. The Bertz CT molecular complexity index is 934. The second-order valence-corrected chi connectivity index (χ2v) is 7.03. The van der Waals surface area contributed by atoms with E-state index in [2.05, 4.69) is 11.9 Å². The van der Waals surface area contributed by atoms with Crippen LogP contribution in [0.5, 0.6) is 5.75 Å². The van der Waals surface area contributed by atoms with Crippen molar-refractivity contribution in [2.75, 3.05) is 19.7 Å². The molecule has 0 unspecified atom stereocenters. The van der Waals surface area contributed by atoms with Crippen molar-refractivity contribution in [2.24, 2.45) is 5.92 Å². The van der Waals surface area contributed by atoms with Gasteiger partial charge in [0.2, 0.25) is 0 Å². The van der Waals surface area contributed by atoms with Crippen molar-refractivity contribution in [1.82, 2.24) is 9.88 Å². The van der Waals surface area contributed by atoms with E-state index < -0.39 is 5.56 Å². The molecule has 2 heterocycles. The quantitative estimate of drug-likeness (QED) is 0.903. The number of H-pyrrole nitrogens is 1. The molecule has 1 aliphatic heterocycles. The zero-order chi connectivity index (χ0) is 19.4.